The zero-order chi connectivity index (χ0) is 14.7. The fourth-order valence-corrected chi connectivity index (χ4v) is 3.33. The standard InChI is InChI=1S/C10H13ClFNO4S2/c1-18(14,15)8-3-4-9(12)10(7-8)13-19(16,17)6-2-5-11/h3-4,7,13H,2,5-6H2,1H3. The highest BCUT2D eigenvalue weighted by Gasteiger charge is 2.16. The van der Waals surface area contributed by atoms with Crippen LogP contribution in [0.2, 0.25) is 0 Å². The van der Waals surface area contributed by atoms with Crippen LogP contribution in [0.25, 0.3) is 0 Å². The second kappa shape index (κ2) is 6.06. The first-order valence-corrected chi connectivity index (χ1v) is 9.29. The Hall–Kier alpha value is -0.860. The lowest BCUT2D eigenvalue weighted by atomic mass is 10.3. The lowest BCUT2D eigenvalue weighted by Gasteiger charge is -2.09. The molecule has 1 aromatic rings. The molecule has 1 N–H and O–H groups in total. The summed E-state index contributed by atoms with van der Waals surface area (Å²) in [5.41, 5.74) is -0.391. The minimum Gasteiger partial charge on any atom is -0.281 e. The maximum Gasteiger partial charge on any atom is 0.232 e. The number of benzene rings is 1. The van der Waals surface area contributed by atoms with E-state index in [1.54, 1.807) is 0 Å². The molecule has 1 aromatic carbocycles. The van der Waals surface area contributed by atoms with E-state index in [-0.39, 0.29) is 22.9 Å². The summed E-state index contributed by atoms with van der Waals surface area (Å²) in [7, 11) is -7.29. The van der Waals surface area contributed by atoms with Crippen LogP contribution in [0.5, 0.6) is 0 Å². The highest BCUT2D eigenvalue weighted by Crippen LogP contribution is 2.20. The maximum atomic E-state index is 13.5. The average Bonchev–Trinajstić information content (AvgIpc) is 2.28. The molecule has 0 spiro atoms. The molecule has 0 aliphatic carbocycles. The zero-order valence-electron chi connectivity index (χ0n) is 10.1. The van der Waals surface area contributed by atoms with Crippen LogP contribution < -0.4 is 4.72 Å². The third-order valence-electron chi connectivity index (χ3n) is 2.18. The Labute approximate surface area is 116 Å². The van der Waals surface area contributed by atoms with Gasteiger partial charge < -0.3 is 0 Å². The molecule has 19 heavy (non-hydrogen) atoms. The first kappa shape index (κ1) is 16.2. The first-order valence-electron chi connectivity index (χ1n) is 5.22. The lowest BCUT2D eigenvalue weighted by Crippen LogP contribution is -2.18. The minimum absolute atomic E-state index is 0.159. The highest BCUT2D eigenvalue weighted by atomic mass is 35.5. The molecular formula is C10H13ClFNO4S2. The van der Waals surface area contributed by atoms with Crippen LogP contribution >= 0.6 is 11.6 Å². The van der Waals surface area contributed by atoms with E-state index < -0.39 is 31.4 Å². The summed E-state index contributed by atoms with van der Waals surface area (Å²) in [5, 5.41) is 0. The summed E-state index contributed by atoms with van der Waals surface area (Å²) in [6.45, 7) is 0. The molecule has 5 nitrogen and oxygen atoms in total. The van der Waals surface area contributed by atoms with E-state index in [0.29, 0.717) is 0 Å². The molecule has 0 heterocycles. The Balaban J connectivity index is 3.08. The monoisotopic (exact) mass is 329 g/mol. The van der Waals surface area contributed by atoms with Crippen molar-refractivity contribution in [1.82, 2.24) is 0 Å². The molecule has 0 amide bonds. The van der Waals surface area contributed by atoms with Crippen molar-refractivity contribution < 1.29 is 21.2 Å². The number of hydrogen-bond donors (Lipinski definition) is 1. The van der Waals surface area contributed by atoms with E-state index in [0.717, 1.165) is 24.5 Å². The quantitative estimate of drug-likeness (QED) is 0.635. The normalized spacial score (nSPS) is 12.4. The number of sulfone groups is 1. The fourth-order valence-electron chi connectivity index (χ4n) is 1.28. The number of rotatable bonds is 6. The summed E-state index contributed by atoms with van der Waals surface area (Å²) >= 11 is 5.38. The van der Waals surface area contributed by atoms with Crippen LogP contribution in [0.3, 0.4) is 0 Å². The summed E-state index contributed by atoms with van der Waals surface area (Å²) < 4.78 is 61.3. The SMILES string of the molecule is CS(=O)(=O)c1ccc(F)c(NS(=O)(=O)CCCCl)c1. The molecule has 9 heteroatoms. The van der Waals surface area contributed by atoms with Gasteiger partial charge in [-0.2, -0.15) is 0 Å². The predicted octanol–water partition coefficient (Wildman–Crippen LogP) is 1.60. The Morgan fingerprint density at radius 1 is 1.26 bits per heavy atom. The third-order valence-corrected chi connectivity index (χ3v) is 4.91. The van der Waals surface area contributed by atoms with Gasteiger partial charge in [0, 0.05) is 12.1 Å². The van der Waals surface area contributed by atoms with Crippen LogP contribution in [0.1, 0.15) is 6.42 Å². The van der Waals surface area contributed by atoms with Gasteiger partial charge in [0.15, 0.2) is 9.84 Å². The van der Waals surface area contributed by atoms with Crippen molar-refractivity contribution in [3.8, 4) is 0 Å². The first-order chi connectivity index (χ1) is 8.65. The topological polar surface area (TPSA) is 80.3 Å². The van der Waals surface area contributed by atoms with Crippen molar-refractivity contribution >= 4 is 37.1 Å². The van der Waals surface area contributed by atoms with Crippen LogP contribution in [0.4, 0.5) is 10.1 Å². The van der Waals surface area contributed by atoms with Gasteiger partial charge in [0.2, 0.25) is 10.0 Å². The summed E-state index contributed by atoms with van der Waals surface area (Å²) in [4.78, 5) is -0.163. The summed E-state index contributed by atoms with van der Waals surface area (Å²) in [6.07, 6.45) is 1.16. The molecule has 0 fully saturated rings. The molecule has 1 rings (SSSR count). The van der Waals surface area contributed by atoms with Gasteiger partial charge in [-0.25, -0.2) is 21.2 Å². The predicted molar refractivity (Wildman–Crippen MR) is 72.3 cm³/mol. The van der Waals surface area contributed by atoms with Gasteiger partial charge in [0.1, 0.15) is 5.82 Å². The minimum atomic E-state index is -3.75. The Bertz CT molecular complexity index is 658. The van der Waals surface area contributed by atoms with E-state index in [2.05, 4.69) is 0 Å². The number of sulfonamides is 1. The van der Waals surface area contributed by atoms with Crippen molar-refractivity contribution in [1.29, 1.82) is 0 Å². The number of anilines is 1. The smallest absolute Gasteiger partial charge is 0.232 e. The molecule has 0 radical (unpaired) electrons. The van der Waals surface area contributed by atoms with Gasteiger partial charge in [0.25, 0.3) is 0 Å². The molecule has 0 aromatic heterocycles. The van der Waals surface area contributed by atoms with E-state index in [9.17, 15) is 21.2 Å². The van der Waals surface area contributed by atoms with Crippen molar-refractivity contribution in [3.63, 3.8) is 0 Å². The van der Waals surface area contributed by atoms with Crippen LogP contribution in [0.15, 0.2) is 23.1 Å². The van der Waals surface area contributed by atoms with Gasteiger partial charge in [-0.1, -0.05) is 0 Å². The van der Waals surface area contributed by atoms with Crippen molar-refractivity contribution in [3.05, 3.63) is 24.0 Å². The molecular weight excluding hydrogens is 317 g/mol. The van der Waals surface area contributed by atoms with Gasteiger partial charge in [-0.15, -0.1) is 11.6 Å². The number of alkyl halides is 1. The van der Waals surface area contributed by atoms with Gasteiger partial charge >= 0.3 is 0 Å². The Morgan fingerprint density at radius 3 is 2.42 bits per heavy atom. The Morgan fingerprint density at radius 2 is 1.89 bits per heavy atom. The average molecular weight is 330 g/mol. The van der Waals surface area contributed by atoms with Crippen LogP contribution in [-0.4, -0.2) is 34.7 Å². The number of nitrogens with one attached hydrogen (secondary N) is 1. The molecule has 0 aliphatic heterocycles. The van der Waals surface area contributed by atoms with E-state index in [1.807, 2.05) is 4.72 Å². The Kier molecular flexibility index (Phi) is 5.17. The molecule has 108 valence electrons. The van der Waals surface area contributed by atoms with Gasteiger partial charge in [-0.05, 0) is 24.6 Å². The van der Waals surface area contributed by atoms with Crippen molar-refractivity contribution in [2.45, 2.75) is 11.3 Å². The van der Waals surface area contributed by atoms with Crippen molar-refractivity contribution in [2.24, 2.45) is 0 Å². The van der Waals surface area contributed by atoms with E-state index in [4.69, 9.17) is 11.6 Å². The second-order valence-electron chi connectivity index (χ2n) is 3.88. The molecule has 0 bridgehead atoms. The number of hydrogen-bond acceptors (Lipinski definition) is 4. The maximum absolute atomic E-state index is 13.5. The van der Waals surface area contributed by atoms with Crippen LogP contribution in [-0.2, 0) is 19.9 Å². The largest absolute Gasteiger partial charge is 0.281 e. The molecule has 0 unspecified atom stereocenters. The lowest BCUT2D eigenvalue weighted by molar-refractivity contribution is 0.594. The van der Waals surface area contributed by atoms with Crippen molar-refractivity contribution in [2.75, 3.05) is 22.6 Å². The van der Waals surface area contributed by atoms with Gasteiger partial charge in [-0.3, -0.25) is 4.72 Å². The highest BCUT2D eigenvalue weighted by molar-refractivity contribution is 7.92. The molecule has 0 saturated carbocycles. The van der Waals surface area contributed by atoms with Crippen LogP contribution in [0, 0.1) is 5.82 Å². The second-order valence-corrected chi connectivity index (χ2v) is 8.11. The molecule has 0 saturated heterocycles. The summed E-state index contributed by atoms with van der Waals surface area (Å²) in [5.74, 6) is -0.951. The molecule has 0 aliphatic rings. The van der Waals surface area contributed by atoms with E-state index >= 15 is 0 Å². The van der Waals surface area contributed by atoms with E-state index in [1.165, 1.54) is 0 Å². The summed E-state index contributed by atoms with van der Waals surface area (Å²) in [6, 6.07) is 2.92. The number of halogens is 2. The third kappa shape index (κ3) is 4.96. The zero-order valence-corrected chi connectivity index (χ0v) is 12.4. The van der Waals surface area contributed by atoms with Gasteiger partial charge in [0.05, 0.1) is 16.3 Å². The fraction of sp³-hybridized carbons (Fsp3) is 0.400. The molecule has 0 atom stereocenters.